The molecule has 0 bridgehead atoms. The average Bonchev–Trinajstić information content (AvgIpc) is 3.07. The molecule has 2 heterocycles. The average molecular weight is 821 g/mol. The standard InChI is InChI=1S/C16H11Cl3N2O2.C16H13ClN2O2.CH4.Cl2O2S/c1-22-11-6-12(23-2)15(18)13(14(11)17)8-3-4-10-9(5-8)7-20-16(19)21-10;1-20-13-6-11(7-14(8-13)21-2)10-3-4-15-12(5-10)9-18-16(17)19-15;;1-5(2,3)4/h3-7H,1-2H3;3-9H,1-2H3;1H4;. The zero-order valence-corrected chi connectivity index (χ0v) is 31.2. The Morgan fingerprint density at radius 2 is 0.980 bits per heavy atom. The van der Waals surface area contributed by atoms with E-state index < -0.39 is 8.26 Å². The van der Waals surface area contributed by atoms with Crippen LogP contribution in [0.1, 0.15) is 7.43 Å². The lowest BCUT2D eigenvalue weighted by Gasteiger charge is -2.15. The number of methoxy groups -OCH3 is 4. The van der Waals surface area contributed by atoms with Crippen molar-refractivity contribution in [2.24, 2.45) is 0 Å². The molecule has 0 N–H and O–H groups in total. The van der Waals surface area contributed by atoms with E-state index in [1.807, 2.05) is 54.6 Å². The molecule has 0 saturated carbocycles. The van der Waals surface area contributed by atoms with Gasteiger partial charge in [0.2, 0.25) is 10.6 Å². The molecule has 0 saturated heterocycles. The van der Waals surface area contributed by atoms with Gasteiger partial charge in [-0.25, -0.2) is 19.9 Å². The van der Waals surface area contributed by atoms with Crippen molar-refractivity contribution in [1.82, 2.24) is 19.9 Å². The molecule has 10 nitrogen and oxygen atoms in total. The van der Waals surface area contributed by atoms with Crippen molar-refractivity contribution in [3.63, 3.8) is 0 Å². The highest BCUT2D eigenvalue weighted by Gasteiger charge is 2.19. The number of fused-ring (bicyclic) bond motifs is 2. The fourth-order valence-electron chi connectivity index (χ4n) is 4.47. The van der Waals surface area contributed by atoms with Crippen LogP contribution >= 0.6 is 67.8 Å². The summed E-state index contributed by atoms with van der Waals surface area (Å²) in [6, 6.07) is 18.9. The first kappa shape index (κ1) is 40.9. The normalized spacial score (nSPS) is 10.6. The van der Waals surface area contributed by atoms with Gasteiger partial charge in [-0.05, 0) is 76.3 Å². The van der Waals surface area contributed by atoms with Crippen molar-refractivity contribution in [3.8, 4) is 45.3 Å². The highest BCUT2D eigenvalue weighted by atomic mass is 36.0. The second-order valence-corrected chi connectivity index (χ2v) is 14.7. The molecule has 2 aromatic heterocycles. The molecule has 264 valence electrons. The van der Waals surface area contributed by atoms with Crippen molar-refractivity contribution in [3.05, 3.63) is 93.7 Å². The first-order valence-corrected chi connectivity index (χ1v) is 18.2. The smallest absolute Gasteiger partial charge is 0.317 e. The van der Waals surface area contributed by atoms with Gasteiger partial charge in [-0.3, -0.25) is 0 Å². The van der Waals surface area contributed by atoms with Crippen LogP contribution in [-0.4, -0.2) is 56.8 Å². The van der Waals surface area contributed by atoms with E-state index in [9.17, 15) is 0 Å². The summed E-state index contributed by atoms with van der Waals surface area (Å²) in [5.74, 6) is 2.46. The van der Waals surface area contributed by atoms with E-state index in [0.717, 1.165) is 50.0 Å². The number of hydrogen-bond donors (Lipinski definition) is 0. The molecule has 50 heavy (non-hydrogen) atoms. The third-order valence-electron chi connectivity index (χ3n) is 6.65. The maximum atomic E-state index is 9.16. The molecule has 17 heteroatoms. The van der Waals surface area contributed by atoms with Gasteiger partial charge in [0, 0.05) is 62.2 Å². The molecule has 0 atom stereocenters. The van der Waals surface area contributed by atoms with Gasteiger partial charge in [0.15, 0.2) is 0 Å². The summed E-state index contributed by atoms with van der Waals surface area (Å²) in [6.45, 7) is 0. The van der Waals surface area contributed by atoms with Crippen LogP contribution in [0.3, 0.4) is 0 Å². The number of rotatable bonds is 6. The molecule has 0 amide bonds. The van der Waals surface area contributed by atoms with Gasteiger partial charge in [-0.15, -0.1) is 0 Å². The molecule has 4 aromatic carbocycles. The molecule has 0 aliphatic rings. The first-order chi connectivity index (χ1) is 23.2. The number of ether oxygens (including phenoxy) is 4. The zero-order valence-electron chi connectivity index (χ0n) is 25.8. The molecule has 0 aliphatic heterocycles. The second kappa shape index (κ2) is 18.1. The Kier molecular flexibility index (Phi) is 14.8. The van der Waals surface area contributed by atoms with Crippen LogP contribution < -0.4 is 18.9 Å². The van der Waals surface area contributed by atoms with Crippen LogP contribution in [-0.2, 0) is 8.26 Å². The van der Waals surface area contributed by atoms with Gasteiger partial charge >= 0.3 is 8.26 Å². The lowest BCUT2D eigenvalue weighted by Crippen LogP contribution is -1.93. The molecular weight excluding hydrogens is 793 g/mol. The minimum Gasteiger partial charge on any atom is -0.497 e. The van der Waals surface area contributed by atoms with E-state index in [4.69, 9.17) is 73.8 Å². The van der Waals surface area contributed by atoms with Crippen LogP contribution in [0.25, 0.3) is 44.1 Å². The molecule has 0 radical (unpaired) electrons. The Labute approximate surface area is 318 Å². The van der Waals surface area contributed by atoms with Crippen molar-refractivity contribution >= 4 is 97.8 Å². The van der Waals surface area contributed by atoms with E-state index in [1.54, 1.807) is 32.7 Å². The summed E-state index contributed by atoms with van der Waals surface area (Å²) in [7, 11) is 11.2. The molecular formula is C33H28Cl6N4O6S. The summed E-state index contributed by atoms with van der Waals surface area (Å²) < 4.78 is 39.5. The van der Waals surface area contributed by atoms with Crippen LogP contribution in [0.4, 0.5) is 0 Å². The van der Waals surface area contributed by atoms with E-state index >= 15 is 0 Å². The van der Waals surface area contributed by atoms with Crippen LogP contribution in [0, 0.1) is 0 Å². The molecule has 0 aliphatic carbocycles. The van der Waals surface area contributed by atoms with E-state index in [1.165, 1.54) is 14.2 Å². The van der Waals surface area contributed by atoms with Crippen molar-refractivity contribution in [1.29, 1.82) is 0 Å². The quantitative estimate of drug-likeness (QED) is 0.118. The largest absolute Gasteiger partial charge is 0.497 e. The van der Waals surface area contributed by atoms with Gasteiger partial charge < -0.3 is 18.9 Å². The summed E-state index contributed by atoms with van der Waals surface area (Å²) in [6.07, 6.45) is 3.36. The van der Waals surface area contributed by atoms with Crippen LogP contribution in [0.15, 0.2) is 73.1 Å². The van der Waals surface area contributed by atoms with Gasteiger partial charge in [0.05, 0.1) is 49.5 Å². The topological polar surface area (TPSA) is 123 Å². The van der Waals surface area contributed by atoms with Crippen LogP contribution in [0.5, 0.6) is 23.0 Å². The Balaban J connectivity index is 0.000000235. The number of aromatic nitrogens is 4. The number of halogens is 6. The maximum absolute atomic E-state index is 9.16. The Morgan fingerprint density at radius 1 is 0.560 bits per heavy atom. The number of hydrogen-bond acceptors (Lipinski definition) is 10. The molecule has 0 fully saturated rings. The fourth-order valence-corrected chi connectivity index (χ4v) is 5.47. The zero-order chi connectivity index (χ0) is 35.9. The molecule has 0 spiro atoms. The monoisotopic (exact) mass is 818 g/mol. The third kappa shape index (κ3) is 10.7. The number of nitrogens with zero attached hydrogens (tertiary/aromatic N) is 4. The van der Waals surface area contributed by atoms with Gasteiger partial charge in [0.25, 0.3) is 0 Å². The molecule has 0 unspecified atom stereocenters. The predicted octanol–water partition coefficient (Wildman–Crippen LogP) is 10.6. The number of benzene rings is 4. The Morgan fingerprint density at radius 3 is 1.40 bits per heavy atom. The van der Waals surface area contributed by atoms with E-state index in [0.29, 0.717) is 27.1 Å². The van der Waals surface area contributed by atoms with Crippen molar-refractivity contribution < 1.29 is 27.4 Å². The maximum Gasteiger partial charge on any atom is 0.317 e. The van der Waals surface area contributed by atoms with E-state index in [-0.39, 0.29) is 18.0 Å². The third-order valence-corrected chi connectivity index (χ3v) is 7.76. The lowest BCUT2D eigenvalue weighted by atomic mass is 10.0. The minimum absolute atomic E-state index is 0. The summed E-state index contributed by atoms with van der Waals surface area (Å²) in [5.41, 5.74) is 5.01. The van der Waals surface area contributed by atoms with Crippen molar-refractivity contribution in [2.45, 2.75) is 7.43 Å². The SMILES string of the molecule is C.COc1cc(OC)c(Cl)c(-c2ccc3nc(Cl)ncc3c2)c1Cl.COc1cc(OC)cc(-c2ccc3nc(Cl)ncc3c2)c1.O=S(=O)(Cl)Cl. The lowest BCUT2D eigenvalue weighted by molar-refractivity contribution is 0.394. The Hall–Kier alpha value is -3.55. The molecule has 6 aromatic rings. The fraction of sp³-hybridized carbons (Fsp3) is 0.152. The molecule has 6 rings (SSSR count). The van der Waals surface area contributed by atoms with Crippen molar-refractivity contribution in [2.75, 3.05) is 28.4 Å². The highest BCUT2D eigenvalue weighted by molar-refractivity contribution is 8.31. The predicted molar refractivity (Wildman–Crippen MR) is 204 cm³/mol. The van der Waals surface area contributed by atoms with Crippen LogP contribution in [0.2, 0.25) is 20.6 Å². The Bertz CT molecular complexity index is 2190. The first-order valence-electron chi connectivity index (χ1n) is 13.6. The summed E-state index contributed by atoms with van der Waals surface area (Å²) in [4.78, 5) is 16.4. The van der Waals surface area contributed by atoms with E-state index in [2.05, 4.69) is 41.3 Å². The summed E-state index contributed by atoms with van der Waals surface area (Å²) >= 11 is 24.5. The van der Waals surface area contributed by atoms with Gasteiger partial charge in [-0.1, -0.05) is 42.8 Å². The minimum atomic E-state index is -3.72. The summed E-state index contributed by atoms with van der Waals surface area (Å²) in [5, 5.41) is 3.02. The van der Waals surface area contributed by atoms with Gasteiger partial charge in [0.1, 0.15) is 23.0 Å². The highest BCUT2D eigenvalue weighted by Crippen LogP contribution is 2.46. The van der Waals surface area contributed by atoms with Gasteiger partial charge in [-0.2, -0.15) is 8.42 Å². The second-order valence-electron chi connectivity index (χ2n) is 9.59.